The van der Waals surface area contributed by atoms with Crippen LogP contribution in [0.5, 0.6) is 5.75 Å². The van der Waals surface area contributed by atoms with Crippen LogP contribution >= 0.6 is 0 Å². The quantitative estimate of drug-likeness (QED) is 0.438. The number of hydrogen-bond donors (Lipinski definition) is 4. The summed E-state index contributed by atoms with van der Waals surface area (Å²) in [7, 11) is -2.21. The Balaban J connectivity index is 3.07. The third-order valence-corrected chi connectivity index (χ3v) is 3.25. The van der Waals surface area contributed by atoms with Gasteiger partial charge in [-0.1, -0.05) is 6.92 Å². The second kappa shape index (κ2) is 5.69. The van der Waals surface area contributed by atoms with E-state index >= 15 is 0 Å². The van der Waals surface area contributed by atoms with Crippen LogP contribution in [0.3, 0.4) is 0 Å². The summed E-state index contributed by atoms with van der Waals surface area (Å²) in [5.74, 6) is 0.179. The van der Waals surface area contributed by atoms with E-state index in [9.17, 15) is 8.42 Å². The maximum atomic E-state index is 11.5. The summed E-state index contributed by atoms with van der Waals surface area (Å²) >= 11 is 0. The molecule has 0 atom stereocenters. The number of hydrogen-bond acceptors (Lipinski definition) is 4. The van der Waals surface area contributed by atoms with Crippen molar-refractivity contribution in [2.24, 2.45) is 5.73 Å². The van der Waals surface area contributed by atoms with Crippen LogP contribution in [0.15, 0.2) is 18.2 Å². The van der Waals surface area contributed by atoms with Gasteiger partial charge in [-0.3, -0.25) is 10.1 Å². The van der Waals surface area contributed by atoms with Gasteiger partial charge in [0.2, 0.25) is 0 Å². The molecule has 100 valence electrons. The van der Waals surface area contributed by atoms with Gasteiger partial charge in [-0.05, 0) is 18.2 Å². The predicted molar refractivity (Wildman–Crippen MR) is 70.2 cm³/mol. The third-order valence-electron chi connectivity index (χ3n) is 2.09. The first kappa shape index (κ1) is 14.3. The van der Waals surface area contributed by atoms with Gasteiger partial charge in [-0.2, -0.15) is 13.1 Å². The molecule has 0 saturated carbocycles. The summed E-state index contributed by atoms with van der Waals surface area (Å²) in [5, 5.41) is 7.29. The van der Waals surface area contributed by atoms with Crippen molar-refractivity contribution in [1.29, 1.82) is 5.41 Å². The van der Waals surface area contributed by atoms with Gasteiger partial charge in [-0.25, -0.2) is 0 Å². The Kier molecular flexibility index (Phi) is 4.51. The molecule has 0 saturated heterocycles. The molecule has 0 aliphatic heterocycles. The highest BCUT2D eigenvalue weighted by Crippen LogP contribution is 2.26. The van der Waals surface area contributed by atoms with Crippen LogP contribution < -0.4 is 19.9 Å². The van der Waals surface area contributed by atoms with Crippen LogP contribution in [0.4, 0.5) is 5.69 Å². The molecule has 0 bridgehead atoms. The van der Waals surface area contributed by atoms with Gasteiger partial charge >= 0.3 is 0 Å². The van der Waals surface area contributed by atoms with Crippen molar-refractivity contribution in [3.8, 4) is 5.75 Å². The highest BCUT2D eigenvalue weighted by molar-refractivity contribution is 7.90. The lowest BCUT2D eigenvalue weighted by molar-refractivity contribution is 0.416. The van der Waals surface area contributed by atoms with Gasteiger partial charge in [0, 0.05) is 12.1 Å². The Morgan fingerprint density at radius 2 is 2.17 bits per heavy atom. The number of amidine groups is 1. The zero-order valence-corrected chi connectivity index (χ0v) is 11.0. The zero-order chi connectivity index (χ0) is 13.8. The van der Waals surface area contributed by atoms with E-state index in [0.717, 1.165) is 0 Å². The van der Waals surface area contributed by atoms with Crippen molar-refractivity contribution in [3.63, 3.8) is 0 Å². The van der Waals surface area contributed by atoms with Crippen LogP contribution in [0.1, 0.15) is 12.5 Å². The molecule has 0 amide bonds. The number of benzene rings is 1. The molecule has 18 heavy (non-hydrogen) atoms. The standard InChI is InChI=1S/C10H16N4O3S/c1-3-13-18(15,16)14-8-5-4-7(10(11)12)6-9(8)17-2/h4-6,13-14H,3H2,1-2H3,(H3,11,12). The zero-order valence-electron chi connectivity index (χ0n) is 10.1. The molecule has 0 aliphatic carbocycles. The Morgan fingerprint density at radius 3 is 2.67 bits per heavy atom. The van der Waals surface area contributed by atoms with Crippen LogP contribution in [0, 0.1) is 5.41 Å². The molecule has 1 aromatic carbocycles. The fraction of sp³-hybridized carbons (Fsp3) is 0.300. The Bertz CT molecular complexity index is 542. The maximum absolute atomic E-state index is 11.5. The first-order valence-electron chi connectivity index (χ1n) is 5.19. The Labute approximate surface area is 106 Å². The van der Waals surface area contributed by atoms with Crippen molar-refractivity contribution in [3.05, 3.63) is 23.8 Å². The Morgan fingerprint density at radius 1 is 1.50 bits per heavy atom. The molecule has 0 heterocycles. The van der Waals surface area contributed by atoms with E-state index < -0.39 is 10.2 Å². The number of nitrogens with two attached hydrogens (primary N) is 1. The second-order valence-electron chi connectivity index (χ2n) is 3.43. The highest BCUT2D eigenvalue weighted by Gasteiger charge is 2.12. The molecule has 0 aromatic heterocycles. The van der Waals surface area contributed by atoms with E-state index in [4.69, 9.17) is 15.9 Å². The number of methoxy groups -OCH3 is 1. The molecule has 0 unspecified atom stereocenters. The normalized spacial score (nSPS) is 11.0. The largest absolute Gasteiger partial charge is 0.495 e. The van der Waals surface area contributed by atoms with E-state index in [2.05, 4.69) is 9.44 Å². The highest BCUT2D eigenvalue weighted by atomic mass is 32.2. The summed E-state index contributed by atoms with van der Waals surface area (Å²) < 4.78 is 32.8. The first-order valence-corrected chi connectivity index (χ1v) is 6.67. The van der Waals surface area contributed by atoms with Crippen LogP contribution in [-0.2, 0) is 10.2 Å². The van der Waals surface area contributed by atoms with Crippen LogP contribution in [0.25, 0.3) is 0 Å². The molecule has 1 aromatic rings. The second-order valence-corrected chi connectivity index (χ2v) is 4.93. The van der Waals surface area contributed by atoms with E-state index in [1.54, 1.807) is 6.92 Å². The predicted octanol–water partition coefficient (Wildman–Crippen LogP) is 0.245. The van der Waals surface area contributed by atoms with Crippen LogP contribution in [-0.4, -0.2) is 27.9 Å². The van der Waals surface area contributed by atoms with Gasteiger partial charge in [0.25, 0.3) is 10.2 Å². The molecular formula is C10H16N4O3S. The summed E-state index contributed by atoms with van der Waals surface area (Å²) in [6.07, 6.45) is 0. The molecule has 8 heteroatoms. The average molecular weight is 272 g/mol. The molecule has 0 radical (unpaired) electrons. The maximum Gasteiger partial charge on any atom is 0.299 e. The molecular weight excluding hydrogens is 256 g/mol. The number of rotatable bonds is 6. The number of nitrogen functional groups attached to an aromatic ring is 1. The number of nitrogens with one attached hydrogen (secondary N) is 3. The third kappa shape index (κ3) is 3.60. The first-order chi connectivity index (χ1) is 8.39. The Hall–Kier alpha value is -1.80. The minimum Gasteiger partial charge on any atom is -0.495 e. The molecule has 5 N–H and O–H groups in total. The van der Waals surface area contributed by atoms with Crippen molar-refractivity contribution in [2.75, 3.05) is 18.4 Å². The smallest absolute Gasteiger partial charge is 0.299 e. The van der Waals surface area contributed by atoms with Gasteiger partial charge in [-0.15, -0.1) is 0 Å². The molecule has 0 aliphatic rings. The minimum atomic E-state index is -3.62. The topological polar surface area (TPSA) is 117 Å². The molecule has 0 fully saturated rings. The summed E-state index contributed by atoms with van der Waals surface area (Å²) in [4.78, 5) is 0. The number of anilines is 1. The minimum absolute atomic E-state index is 0.116. The van der Waals surface area contributed by atoms with E-state index in [0.29, 0.717) is 11.3 Å². The van der Waals surface area contributed by atoms with Gasteiger partial charge in [0.05, 0.1) is 12.8 Å². The van der Waals surface area contributed by atoms with Crippen LogP contribution in [0.2, 0.25) is 0 Å². The fourth-order valence-corrected chi connectivity index (χ4v) is 2.22. The molecule has 1 rings (SSSR count). The molecule has 0 spiro atoms. The lowest BCUT2D eigenvalue weighted by atomic mass is 10.2. The van der Waals surface area contributed by atoms with Gasteiger partial charge in [0.1, 0.15) is 11.6 Å². The summed E-state index contributed by atoms with van der Waals surface area (Å²) in [6.45, 7) is 1.96. The van der Waals surface area contributed by atoms with Gasteiger partial charge < -0.3 is 10.5 Å². The average Bonchev–Trinajstić information content (AvgIpc) is 2.28. The van der Waals surface area contributed by atoms with E-state index in [1.165, 1.54) is 25.3 Å². The van der Waals surface area contributed by atoms with Crippen molar-refractivity contribution in [1.82, 2.24) is 4.72 Å². The van der Waals surface area contributed by atoms with Crippen molar-refractivity contribution in [2.45, 2.75) is 6.92 Å². The van der Waals surface area contributed by atoms with Crippen molar-refractivity contribution >= 4 is 21.7 Å². The lowest BCUT2D eigenvalue weighted by Crippen LogP contribution is -2.30. The van der Waals surface area contributed by atoms with Crippen molar-refractivity contribution < 1.29 is 13.2 Å². The van der Waals surface area contributed by atoms with E-state index in [1.807, 2.05) is 0 Å². The summed E-state index contributed by atoms with van der Waals surface area (Å²) in [6, 6.07) is 4.52. The van der Waals surface area contributed by atoms with E-state index in [-0.39, 0.29) is 18.1 Å². The lowest BCUT2D eigenvalue weighted by Gasteiger charge is -2.12. The SMILES string of the molecule is CCNS(=O)(=O)Nc1ccc(C(=N)N)cc1OC. The monoisotopic (exact) mass is 272 g/mol. The van der Waals surface area contributed by atoms with Gasteiger partial charge in [0.15, 0.2) is 0 Å². The molecule has 7 nitrogen and oxygen atoms in total. The summed E-state index contributed by atoms with van der Waals surface area (Å²) in [5.41, 5.74) is 6.08. The number of ether oxygens (including phenoxy) is 1. The fourth-order valence-electron chi connectivity index (χ4n) is 1.31.